The molecule has 4 heteroatoms. The first-order valence-electron chi connectivity index (χ1n) is 7.24. The van der Waals surface area contributed by atoms with Crippen LogP contribution < -0.4 is 10.1 Å². The molecular formula is C18H21NO3. The maximum atomic E-state index is 12.3. The van der Waals surface area contributed by atoms with Gasteiger partial charge in [-0.25, -0.2) is 0 Å². The van der Waals surface area contributed by atoms with Gasteiger partial charge in [-0.3, -0.25) is 4.79 Å². The Bertz CT molecular complexity index is 667. The Hall–Kier alpha value is -2.33. The predicted octanol–water partition coefficient (Wildman–Crippen LogP) is 3.20. The Kier molecular flexibility index (Phi) is 5.17. The van der Waals surface area contributed by atoms with Gasteiger partial charge in [0.1, 0.15) is 5.75 Å². The fourth-order valence-corrected chi connectivity index (χ4v) is 2.08. The van der Waals surface area contributed by atoms with Crippen LogP contribution in [0, 0.1) is 13.8 Å². The minimum Gasteiger partial charge on any atom is -0.481 e. The molecule has 1 unspecified atom stereocenters. The van der Waals surface area contributed by atoms with Gasteiger partial charge in [0, 0.05) is 5.69 Å². The molecule has 0 saturated heterocycles. The number of hydrogen-bond acceptors (Lipinski definition) is 3. The van der Waals surface area contributed by atoms with E-state index < -0.39 is 6.10 Å². The van der Waals surface area contributed by atoms with Gasteiger partial charge in [0.15, 0.2) is 6.10 Å². The van der Waals surface area contributed by atoms with Crippen molar-refractivity contribution < 1.29 is 14.6 Å². The molecule has 1 atom stereocenters. The summed E-state index contributed by atoms with van der Waals surface area (Å²) in [5.41, 5.74) is 3.47. The average Bonchev–Trinajstić information content (AvgIpc) is 2.49. The van der Waals surface area contributed by atoms with Crippen LogP contribution in [0.5, 0.6) is 5.75 Å². The van der Waals surface area contributed by atoms with Gasteiger partial charge in [-0.2, -0.15) is 0 Å². The third-order valence-electron chi connectivity index (χ3n) is 3.41. The summed E-state index contributed by atoms with van der Waals surface area (Å²) < 4.78 is 5.66. The highest BCUT2D eigenvalue weighted by molar-refractivity contribution is 5.94. The van der Waals surface area contributed by atoms with Crippen molar-refractivity contribution in [2.24, 2.45) is 0 Å². The molecule has 0 aromatic heterocycles. The Balaban J connectivity index is 2.05. The number of aliphatic hydroxyl groups is 1. The molecule has 2 rings (SSSR count). The van der Waals surface area contributed by atoms with E-state index in [4.69, 9.17) is 4.74 Å². The molecule has 0 aliphatic carbocycles. The average molecular weight is 299 g/mol. The van der Waals surface area contributed by atoms with Crippen LogP contribution in [0.2, 0.25) is 0 Å². The van der Waals surface area contributed by atoms with Gasteiger partial charge in [0.2, 0.25) is 0 Å². The van der Waals surface area contributed by atoms with E-state index in [1.54, 1.807) is 13.0 Å². The zero-order valence-corrected chi connectivity index (χ0v) is 13.1. The summed E-state index contributed by atoms with van der Waals surface area (Å²) in [5.74, 6) is 0.447. The van der Waals surface area contributed by atoms with E-state index in [9.17, 15) is 9.90 Å². The number of hydrogen-bond donors (Lipinski definition) is 2. The summed E-state index contributed by atoms with van der Waals surface area (Å²) in [6.45, 7) is 5.53. The van der Waals surface area contributed by atoms with E-state index in [1.165, 1.54) is 0 Å². The number of carbonyl (C=O) groups excluding carboxylic acids is 1. The number of rotatable bonds is 5. The Morgan fingerprint density at radius 3 is 2.68 bits per heavy atom. The normalized spacial score (nSPS) is 11.8. The standard InChI is InChI=1S/C18H21NO3/c1-12-5-4-6-16(9-12)22-14(3)18(21)19-17-10-15(11-20)8-7-13(17)2/h4-10,14,20H,11H2,1-3H3,(H,19,21). The highest BCUT2D eigenvalue weighted by Gasteiger charge is 2.16. The molecule has 0 radical (unpaired) electrons. The van der Waals surface area contributed by atoms with Crippen molar-refractivity contribution in [1.29, 1.82) is 0 Å². The van der Waals surface area contributed by atoms with Crippen molar-refractivity contribution >= 4 is 11.6 Å². The molecule has 0 heterocycles. The largest absolute Gasteiger partial charge is 0.481 e. The number of aryl methyl sites for hydroxylation is 2. The number of benzene rings is 2. The molecule has 0 bridgehead atoms. The molecule has 0 aliphatic rings. The van der Waals surface area contributed by atoms with Crippen LogP contribution in [0.15, 0.2) is 42.5 Å². The molecular weight excluding hydrogens is 278 g/mol. The van der Waals surface area contributed by atoms with Crippen LogP contribution >= 0.6 is 0 Å². The zero-order chi connectivity index (χ0) is 16.1. The smallest absolute Gasteiger partial charge is 0.265 e. The first-order chi connectivity index (χ1) is 10.5. The molecule has 22 heavy (non-hydrogen) atoms. The molecule has 0 fully saturated rings. The Labute approximate surface area is 130 Å². The molecule has 0 saturated carbocycles. The second kappa shape index (κ2) is 7.09. The molecule has 0 spiro atoms. The Morgan fingerprint density at radius 2 is 2.00 bits per heavy atom. The maximum Gasteiger partial charge on any atom is 0.265 e. The zero-order valence-electron chi connectivity index (χ0n) is 13.1. The second-order valence-corrected chi connectivity index (χ2v) is 5.37. The van der Waals surface area contributed by atoms with Gasteiger partial charge in [-0.05, 0) is 55.7 Å². The number of aliphatic hydroxyl groups excluding tert-OH is 1. The Morgan fingerprint density at radius 1 is 1.23 bits per heavy atom. The fraction of sp³-hybridized carbons (Fsp3) is 0.278. The first kappa shape index (κ1) is 16.0. The van der Waals surface area contributed by atoms with Crippen LogP contribution in [0.3, 0.4) is 0 Å². The number of nitrogens with one attached hydrogen (secondary N) is 1. The minimum absolute atomic E-state index is 0.0570. The third-order valence-corrected chi connectivity index (χ3v) is 3.41. The highest BCUT2D eigenvalue weighted by Crippen LogP contribution is 2.19. The fourth-order valence-electron chi connectivity index (χ4n) is 2.08. The number of anilines is 1. The molecule has 2 N–H and O–H groups in total. The van der Waals surface area contributed by atoms with Crippen molar-refractivity contribution in [3.8, 4) is 5.75 Å². The van der Waals surface area contributed by atoms with Crippen molar-refractivity contribution in [3.05, 3.63) is 59.2 Å². The molecule has 4 nitrogen and oxygen atoms in total. The highest BCUT2D eigenvalue weighted by atomic mass is 16.5. The van der Waals surface area contributed by atoms with Crippen LogP contribution in [0.25, 0.3) is 0 Å². The van der Waals surface area contributed by atoms with Crippen molar-refractivity contribution in [2.45, 2.75) is 33.5 Å². The summed E-state index contributed by atoms with van der Waals surface area (Å²) in [5, 5.41) is 12.0. The SMILES string of the molecule is Cc1cccc(OC(C)C(=O)Nc2cc(CO)ccc2C)c1. The lowest BCUT2D eigenvalue weighted by molar-refractivity contribution is -0.122. The quantitative estimate of drug-likeness (QED) is 0.891. The van der Waals surface area contributed by atoms with E-state index in [0.29, 0.717) is 11.4 Å². The predicted molar refractivity (Wildman–Crippen MR) is 87.0 cm³/mol. The van der Waals surface area contributed by atoms with E-state index in [-0.39, 0.29) is 12.5 Å². The minimum atomic E-state index is -0.612. The monoisotopic (exact) mass is 299 g/mol. The van der Waals surface area contributed by atoms with Gasteiger partial charge >= 0.3 is 0 Å². The summed E-state index contributed by atoms with van der Waals surface area (Å²) in [6.07, 6.45) is -0.612. The topological polar surface area (TPSA) is 58.6 Å². The number of carbonyl (C=O) groups is 1. The molecule has 1 amide bonds. The molecule has 2 aromatic carbocycles. The lowest BCUT2D eigenvalue weighted by Gasteiger charge is -2.16. The van der Waals surface area contributed by atoms with Crippen LogP contribution in [0.1, 0.15) is 23.6 Å². The first-order valence-corrected chi connectivity index (χ1v) is 7.24. The molecule has 0 aliphatic heterocycles. The molecule has 2 aromatic rings. The van der Waals surface area contributed by atoms with E-state index in [1.807, 2.05) is 50.2 Å². The van der Waals surface area contributed by atoms with Crippen molar-refractivity contribution in [2.75, 3.05) is 5.32 Å². The lowest BCUT2D eigenvalue weighted by Crippen LogP contribution is -2.30. The van der Waals surface area contributed by atoms with Gasteiger partial charge in [0.05, 0.1) is 6.61 Å². The van der Waals surface area contributed by atoms with Gasteiger partial charge in [0.25, 0.3) is 5.91 Å². The van der Waals surface area contributed by atoms with Crippen LogP contribution in [-0.4, -0.2) is 17.1 Å². The molecule has 116 valence electrons. The number of amides is 1. The summed E-state index contributed by atoms with van der Waals surface area (Å²) in [4.78, 5) is 12.3. The van der Waals surface area contributed by atoms with Crippen LogP contribution in [0.4, 0.5) is 5.69 Å². The van der Waals surface area contributed by atoms with E-state index in [2.05, 4.69) is 5.32 Å². The van der Waals surface area contributed by atoms with Crippen molar-refractivity contribution in [1.82, 2.24) is 0 Å². The second-order valence-electron chi connectivity index (χ2n) is 5.37. The van der Waals surface area contributed by atoms with Crippen molar-refractivity contribution in [3.63, 3.8) is 0 Å². The van der Waals surface area contributed by atoms with Crippen LogP contribution in [-0.2, 0) is 11.4 Å². The summed E-state index contributed by atoms with van der Waals surface area (Å²) in [6, 6.07) is 13.1. The summed E-state index contributed by atoms with van der Waals surface area (Å²) in [7, 11) is 0. The summed E-state index contributed by atoms with van der Waals surface area (Å²) >= 11 is 0. The maximum absolute atomic E-state index is 12.3. The van der Waals surface area contributed by atoms with E-state index >= 15 is 0 Å². The number of ether oxygens (including phenoxy) is 1. The lowest BCUT2D eigenvalue weighted by atomic mass is 10.1. The van der Waals surface area contributed by atoms with Gasteiger partial charge < -0.3 is 15.2 Å². The van der Waals surface area contributed by atoms with Gasteiger partial charge in [-0.1, -0.05) is 24.3 Å². The van der Waals surface area contributed by atoms with E-state index in [0.717, 1.165) is 16.7 Å². The third kappa shape index (κ3) is 4.09. The van der Waals surface area contributed by atoms with Gasteiger partial charge in [-0.15, -0.1) is 0 Å².